The molecule has 5 aromatic rings. The minimum absolute atomic E-state index is 0.0496. The number of rotatable bonds is 13. The number of carbonyl (C=O) groups excluding carboxylic acids is 1. The fourth-order valence-electron chi connectivity index (χ4n) is 9.34. The normalized spacial score (nSPS) is 20.2. The van der Waals surface area contributed by atoms with E-state index in [1.165, 1.54) is 22.8 Å². The maximum absolute atomic E-state index is 15.3. The van der Waals surface area contributed by atoms with Crippen LogP contribution in [-0.4, -0.2) is 118 Å². The molecule has 4 aliphatic rings. The van der Waals surface area contributed by atoms with E-state index >= 15 is 4.39 Å². The minimum atomic E-state index is -4.65. The molecule has 1 atom stereocenters. The third-order valence-corrected chi connectivity index (χ3v) is 14.9. The predicted molar refractivity (Wildman–Crippen MR) is 251 cm³/mol. The summed E-state index contributed by atoms with van der Waals surface area (Å²) in [6.07, 6.45) is 4.67. The fourth-order valence-corrected chi connectivity index (χ4v) is 10.5. The number of ether oxygens (including phenoxy) is 3. The Morgan fingerprint density at radius 1 is 0.985 bits per heavy atom. The van der Waals surface area contributed by atoms with Crippen molar-refractivity contribution >= 4 is 72.6 Å². The minimum Gasteiger partial charge on any atom is -0.474 e. The van der Waals surface area contributed by atoms with Gasteiger partial charge in [-0.2, -0.15) is 4.98 Å². The van der Waals surface area contributed by atoms with Crippen LogP contribution >= 0.6 is 11.6 Å². The molecule has 2 aromatic heterocycles. The lowest BCUT2D eigenvalue weighted by atomic mass is 9.79. The molecule has 5 heterocycles. The van der Waals surface area contributed by atoms with Crippen molar-refractivity contribution in [1.82, 2.24) is 19.6 Å². The highest BCUT2D eigenvalue weighted by atomic mass is 35.5. The quantitative estimate of drug-likeness (QED) is 0.0766. The number of H-pyrrole nitrogens is 1. The first-order chi connectivity index (χ1) is 31.7. The van der Waals surface area contributed by atoms with Crippen molar-refractivity contribution in [2.24, 2.45) is 0 Å². The summed E-state index contributed by atoms with van der Waals surface area (Å²) in [5, 5.41) is 16.5. The van der Waals surface area contributed by atoms with Gasteiger partial charge in [0.15, 0.2) is 0 Å². The molecule has 0 saturated carbocycles. The first-order valence-electron chi connectivity index (χ1n) is 22.1. The van der Waals surface area contributed by atoms with Gasteiger partial charge in [0.2, 0.25) is 5.88 Å². The number of allylic oxidation sites excluding steroid dienone is 1. The molecule has 348 valence electrons. The van der Waals surface area contributed by atoms with Crippen molar-refractivity contribution in [2.75, 3.05) is 87.9 Å². The molecule has 1 amide bonds. The maximum atomic E-state index is 15.3. The topological polar surface area (TPSA) is 185 Å². The molecule has 9 rings (SSSR count). The lowest BCUT2D eigenvalue weighted by Gasteiger charge is -2.40. The molecule has 0 bridgehead atoms. The Morgan fingerprint density at radius 3 is 2.50 bits per heavy atom. The second-order valence-corrected chi connectivity index (χ2v) is 19.7. The molecule has 66 heavy (non-hydrogen) atoms. The van der Waals surface area contributed by atoms with Gasteiger partial charge >= 0.3 is 0 Å². The summed E-state index contributed by atoms with van der Waals surface area (Å²) in [7, 11) is -2.87. The van der Waals surface area contributed by atoms with Crippen molar-refractivity contribution in [1.29, 1.82) is 0 Å². The number of aromatic nitrogens is 2. The van der Waals surface area contributed by atoms with E-state index in [0.29, 0.717) is 47.6 Å². The summed E-state index contributed by atoms with van der Waals surface area (Å²) < 4.78 is 62.5. The number of amides is 1. The van der Waals surface area contributed by atoms with E-state index in [2.05, 4.69) is 48.9 Å². The van der Waals surface area contributed by atoms with Gasteiger partial charge in [-0.05, 0) is 97.5 Å². The number of nitrogens with zero attached hydrogens (tertiary/aromatic N) is 5. The van der Waals surface area contributed by atoms with E-state index in [1.54, 1.807) is 19.4 Å². The van der Waals surface area contributed by atoms with Crippen molar-refractivity contribution < 1.29 is 36.7 Å². The highest BCUT2D eigenvalue weighted by molar-refractivity contribution is 7.90. The molecule has 2 fully saturated rings. The van der Waals surface area contributed by atoms with Gasteiger partial charge in [0.25, 0.3) is 21.6 Å². The fraction of sp³-hybridized carbons (Fsp3) is 0.404. The van der Waals surface area contributed by atoms with Crippen molar-refractivity contribution in [3.05, 3.63) is 111 Å². The van der Waals surface area contributed by atoms with Crippen LogP contribution in [0, 0.1) is 10.1 Å². The number of halogens is 2. The van der Waals surface area contributed by atoms with E-state index in [1.807, 2.05) is 41.3 Å². The number of aromatic amines is 1. The number of nitro benzene ring substituents is 1. The summed E-state index contributed by atoms with van der Waals surface area (Å²) in [4.78, 5) is 39.6. The number of nitro groups is 1. The molecule has 16 nitrogen and oxygen atoms in total. The van der Waals surface area contributed by atoms with Gasteiger partial charge in [0.1, 0.15) is 29.3 Å². The van der Waals surface area contributed by atoms with E-state index < -0.39 is 37.1 Å². The van der Waals surface area contributed by atoms with Crippen LogP contribution in [0.25, 0.3) is 16.6 Å². The largest absolute Gasteiger partial charge is 0.474 e. The van der Waals surface area contributed by atoms with Crippen LogP contribution in [0.4, 0.5) is 32.8 Å². The van der Waals surface area contributed by atoms with Gasteiger partial charge in [-0.3, -0.25) is 19.8 Å². The number of pyridine rings is 1. The predicted octanol–water partition coefficient (Wildman–Crippen LogP) is 7.87. The number of hydrogen-bond donors (Lipinski definition) is 3. The van der Waals surface area contributed by atoms with E-state index in [0.717, 1.165) is 62.1 Å². The van der Waals surface area contributed by atoms with Crippen LogP contribution in [0.5, 0.6) is 5.88 Å². The summed E-state index contributed by atoms with van der Waals surface area (Å²) in [5.74, 6) is -0.584. The standard InChI is InChI=1S/C47H52ClFN8O8S/c1-46(63-2)13-11-37(31-3-5-34(48)6-4-31)33(28-46)29-54-17-19-55(20-18-54)35-7-9-38(40(26-35)56-21-24-65-45-42(56)25-32-12-16-50-43(32)52-45)44(58)53-66(61,62)36-8-10-39(41(27-36)57(59)60)51-30-47(49)14-22-64-23-15-47/h3-10,12,16,25-27,51H,11,13-15,17-24,28-30H2,1-2H3,(H,50,52)(H,53,58). The number of carbonyl (C=O) groups is 1. The third kappa shape index (κ3) is 9.55. The monoisotopic (exact) mass is 942 g/mol. The molecule has 3 N–H and O–H groups in total. The third-order valence-electron chi connectivity index (χ3n) is 13.3. The Balaban J connectivity index is 0.978. The number of sulfonamides is 1. The molecule has 19 heteroatoms. The summed E-state index contributed by atoms with van der Waals surface area (Å²) in [6.45, 7) is 6.71. The summed E-state index contributed by atoms with van der Waals surface area (Å²) >= 11 is 6.25. The van der Waals surface area contributed by atoms with Gasteiger partial charge in [0, 0.05) is 101 Å². The smallest absolute Gasteiger partial charge is 0.293 e. The number of hydrogen-bond acceptors (Lipinski definition) is 13. The van der Waals surface area contributed by atoms with Crippen LogP contribution in [0.15, 0.2) is 89.5 Å². The molecule has 1 unspecified atom stereocenters. The number of methoxy groups -OCH3 is 1. The highest BCUT2D eigenvalue weighted by Gasteiger charge is 2.35. The van der Waals surface area contributed by atoms with Gasteiger partial charge in [-0.25, -0.2) is 17.5 Å². The van der Waals surface area contributed by atoms with Crippen molar-refractivity contribution in [3.63, 3.8) is 0 Å². The summed E-state index contributed by atoms with van der Waals surface area (Å²) in [5.41, 5.74) is 3.92. The second-order valence-electron chi connectivity index (χ2n) is 17.6. The number of fused-ring (bicyclic) bond motifs is 2. The molecule has 3 aliphatic heterocycles. The van der Waals surface area contributed by atoms with E-state index in [-0.39, 0.29) is 56.1 Å². The zero-order chi connectivity index (χ0) is 46.2. The molecule has 0 radical (unpaired) electrons. The van der Waals surface area contributed by atoms with Gasteiger partial charge in [-0.15, -0.1) is 0 Å². The first kappa shape index (κ1) is 45.4. The number of piperazine rings is 1. The van der Waals surface area contributed by atoms with Crippen LogP contribution < -0.4 is 24.6 Å². The molecule has 0 spiro atoms. The number of alkyl halides is 1. The Labute approximate surface area is 387 Å². The highest BCUT2D eigenvalue weighted by Crippen LogP contribution is 2.42. The van der Waals surface area contributed by atoms with E-state index in [4.69, 9.17) is 25.8 Å². The molecule has 1 aliphatic carbocycles. The number of nitrogens with one attached hydrogen (secondary N) is 3. The number of benzene rings is 3. The maximum Gasteiger partial charge on any atom is 0.293 e. The molecule has 2 saturated heterocycles. The number of anilines is 4. The zero-order valence-corrected chi connectivity index (χ0v) is 38.4. The Kier molecular flexibility index (Phi) is 12.7. The Bertz CT molecular complexity index is 2790. The van der Waals surface area contributed by atoms with Gasteiger partial charge in [-0.1, -0.05) is 23.7 Å². The molecular formula is C47H52ClFN8O8S. The van der Waals surface area contributed by atoms with Crippen LogP contribution in [0.3, 0.4) is 0 Å². The lowest BCUT2D eigenvalue weighted by Crippen LogP contribution is -2.47. The molecule has 3 aromatic carbocycles. The van der Waals surface area contributed by atoms with Crippen molar-refractivity contribution in [2.45, 2.75) is 55.2 Å². The van der Waals surface area contributed by atoms with Crippen LogP contribution in [0.1, 0.15) is 54.9 Å². The first-order valence-corrected chi connectivity index (χ1v) is 23.9. The average Bonchev–Trinajstić information content (AvgIpc) is 3.78. The average molecular weight is 943 g/mol. The Hall–Kier alpha value is -5.79. The van der Waals surface area contributed by atoms with E-state index in [9.17, 15) is 23.3 Å². The van der Waals surface area contributed by atoms with Gasteiger partial charge < -0.3 is 34.3 Å². The lowest BCUT2D eigenvalue weighted by molar-refractivity contribution is -0.384. The SMILES string of the molecule is COC1(C)CCC(c2ccc(Cl)cc2)=C(CN2CCN(c3ccc(C(=O)NS(=O)(=O)c4ccc(NCC5(F)CCOCC5)c([N+](=O)[O-])c4)c(N4CCOc5nc6[nH]ccc6cc54)c3)CC2)C1. The van der Waals surface area contributed by atoms with Crippen LogP contribution in [0.2, 0.25) is 5.02 Å². The Morgan fingerprint density at radius 2 is 1.76 bits per heavy atom. The second kappa shape index (κ2) is 18.5. The van der Waals surface area contributed by atoms with Gasteiger partial charge in [0.05, 0.1) is 33.2 Å². The van der Waals surface area contributed by atoms with Crippen molar-refractivity contribution in [3.8, 4) is 5.88 Å². The van der Waals surface area contributed by atoms with Crippen LogP contribution in [-0.2, 0) is 19.5 Å². The molecular weight excluding hydrogens is 891 g/mol. The zero-order valence-electron chi connectivity index (χ0n) is 36.8. The summed E-state index contributed by atoms with van der Waals surface area (Å²) in [6, 6.07) is 20.4.